The number of ether oxygens (including phenoxy) is 5. The van der Waals surface area contributed by atoms with Gasteiger partial charge in [0.1, 0.15) is 29.8 Å². The fourth-order valence-electron chi connectivity index (χ4n) is 6.60. The van der Waals surface area contributed by atoms with Crippen molar-refractivity contribution in [3.8, 4) is 11.5 Å². The third kappa shape index (κ3) is 16.2. The zero-order valence-electron chi connectivity index (χ0n) is 31.5. The number of aliphatic hydroxyl groups excluding tert-OH is 1. The van der Waals surface area contributed by atoms with Gasteiger partial charge in [0.2, 0.25) is 0 Å². The fraction of sp³-hybridized carbons (Fsp3) is 0.842. The summed E-state index contributed by atoms with van der Waals surface area (Å²) >= 11 is 0. The first-order valence-corrected chi connectivity index (χ1v) is 19.8. The zero-order chi connectivity index (χ0) is 35.5. The van der Waals surface area contributed by atoms with Crippen molar-refractivity contribution in [2.24, 2.45) is 17.8 Å². The van der Waals surface area contributed by atoms with Crippen LogP contribution in [0.25, 0.3) is 0 Å². The first-order chi connectivity index (χ1) is 22.9. The molecule has 1 heterocycles. The highest BCUT2D eigenvalue weighted by molar-refractivity contribution is 7.32. The van der Waals surface area contributed by atoms with E-state index in [1.165, 1.54) is 68.1 Å². The summed E-state index contributed by atoms with van der Waals surface area (Å²) in [5.74, 6) is 4.46. The van der Waals surface area contributed by atoms with Gasteiger partial charge in [0.25, 0.3) is 0 Å². The summed E-state index contributed by atoms with van der Waals surface area (Å²) in [6, 6.07) is 0. The van der Waals surface area contributed by atoms with Crippen LogP contribution < -0.4 is 9.47 Å². The average Bonchev–Trinajstić information content (AvgIpc) is 3.02. The summed E-state index contributed by atoms with van der Waals surface area (Å²) in [7, 11) is -3.11. The van der Waals surface area contributed by atoms with Crippen LogP contribution in [0, 0.1) is 38.5 Å². The highest BCUT2D eigenvalue weighted by atomic mass is 31.1. The lowest BCUT2D eigenvalue weighted by atomic mass is 9.83. The highest BCUT2D eigenvalue weighted by Crippen LogP contribution is 2.45. The quantitative estimate of drug-likeness (QED) is 0.0691. The lowest BCUT2D eigenvalue weighted by Crippen LogP contribution is -2.37. The summed E-state index contributed by atoms with van der Waals surface area (Å²) in [4.78, 5) is 8.77. The third-order valence-corrected chi connectivity index (χ3v) is 10.4. The number of hydrogen-bond acceptors (Lipinski definition) is 8. The monoisotopic (exact) mass is 700 g/mol. The molecule has 0 saturated heterocycles. The van der Waals surface area contributed by atoms with Gasteiger partial charge >= 0.3 is 8.25 Å². The van der Waals surface area contributed by atoms with E-state index in [1.54, 1.807) is 0 Å². The van der Waals surface area contributed by atoms with Gasteiger partial charge in [-0.3, -0.25) is 4.57 Å². The van der Waals surface area contributed by atoms with Crippen LogP contribution in [0.4, 0.5) is 0 Å². The minimum Gasteiger partial charge on any atom is -0.491 e. The van der Waals surface area contributed by atoms with Crippen molar-refractivity contribution in [2.45, 2.75) is 138 Å². The molecule has 9 nitrogen and oxygen atoms in total. The first-order valence-electron chi connectivity index (χ1n) is 18.5. The molecule has 280 valence electrons. The molecule has 5 atom stereocenters. The van der Waals surface area contributed by atoms with Crippen molar-refractivity contribution in [3.63, 3.8) is 0 Å². The molecule has 10 heteroatoms. The van der Waals surface area contributed by atoms with Gasteiger partial charge in [-0.2, -0.15) is 0 Å². The Morgan fingerprint density at radius 3 is 1.94 bits per heavy atom. The van der Waals surface area contributed by atoms with Gasteiger partial charge in [-0.25, -0.2) is 0 Å². The van der Waals surface area contributed by atoms with Gasteiger partial charge in [0, 0.05) is 5.56 Å². The number of benzene rings is 1. The van der Waals surface area contributed by atoms with E-state index in [4.69, 9.17) is 33.7 Å². The molecule has 0 amide bonds. The first kappa shape index (κ1) is 43.0. The minimum absolute atomic E-state index is 0.0229. The molecule has 0 spiro atoms. The second kappa shape index (κ2) is 23.3. The van der Waals surface area contributed by atoms with E-state index < -0.39 is 14.4 Å². The average molecular weight is 701 g/mol. The largest absolute Gasteiger partial charge is 0.491 e. The van der Waals surface area contributed by atoms with E-state index >= 15 is 0 Å². The van der Waals surface area contributed by atoms with Crippen molar-refractivity contribution in [1.82, 2.24) is 0 Å². The highest BCUT2D eigenvalue weighted by Gasteiger charge is 2.34. The molecule has 5 unspecified atom stereocenters. The molecule has 0 aromatic heterocycles. The van der Waals surface area contributed by atoms with Crippen LogP contribution in [-0.4, -0.2) is 74.6 Å². The summed E-state index contributed by atoms with van der Waals surface area (Å²) in [6.07, 6.45) is 13.0. The van der Waals surface area contributed by atoms with E-state index in [-0.39, 0.29) is 25.4 Å². The Hall–Kier alpha value is -1.19. The predicted molar refractivity (Wildman–Crippen MR) is 194 cm³/mol. The Morgan fingerprint density at radius 2 is 1.35 bits per heavy atom. The molecular weight excluding hydrogens is 631 g/mol. The molecule has 2 N–H and O–H groups in total. The Balaban J connectivity index is 1.68. The second-order valence-corrected chi connectivity index (χ2v) is 15.5. The maximum atomic E-state index is 10.7. The van der Waals surface area contributed by atoms with Gasteiger partial charge in [-0.15, -0.1) is 0 Å². The SMILES string of the molecule is Cc1c(C)c2c(c(C)c1OCCOCCOCCOCC(CO)O[PH](=O)O)CCC(C)(CCCC(C)CCCC(C)CCCC(C)C)O2. The van der Waals surface area contributed by atoms with Gasteiger partial charge < -0.3 is 38.2 Å². The van der Waals surface area contributed by atoms with Crippen molar-refractivity contribution in [1.29, 1.82) is 0 Å². The molecule has 0 bridgehead atoms. The normalized spacial score (nSPS) is 18.7. The molecule has 1 aliphatic rings. The lowest BCUT2D eigenvalue weighted by Gasteiger charge is -2.38. The molecule has 2 rings (SSSR count). The standard InChI is InChI=1S/C38H69O9P/c1-28(2)12-9-13-29(3)14-10-15-30(4)16-11-18-38(8)19-17-35-33(7)36(31(5)32(6)37(35)46-38)45-25-24-43-21-20-42-22-23-44-27-34(26-39)47-48(40)41/h28-30,34,39,48H,9-27H2,1-8H3,(H,40,41). The van der Waals surface area contributed by atoms with E-state index in [0.717, 1.165) is 54.1 Å². The molecule has 1 aromatic rings. The summed E-state index contributed by atoms with van der Waals surface area (Å²) in [5, 5.41) is 9.09. The van der Waals surface area contributed by atoms with E-state index in [9.17, 15) is 4.57 Å². The number of fused-ring (bicyclic) bond motifs is 1. The molecule has 0 saturated carbocycles. The summed E-state index contributed by atoms with van der Waals surface area (Å²) in [6.45, 7) is 20.3. The van der Waals surface area contributed by atoms with Crippen LogP contribution in [0.3, 0.4) is 0 Å². The van der Waals surface area contributed by atoms with Crippen LogP contribution >= 0.6 is 8.25 Å². The smallest absolute Gasteiger partial charge is 0.317 e. The second-order valence-electron chi connectivity index (χ2n) is 14.8. The molecule has 1 aromatic carbocycles. The van der Waals surface area contributed by atoms with E-state index in [1.807, 2.05) is 0 Å². The topological polar surface area (TPSA) is 113 Å². The van der Waals surface area contributed by atoms with Gasteiger partial charge in [-0.05, 0) is 87.8 Å². The summed E-state index contributed by atoms with van der Waals surface area (Å²) in [5.41, 5.74) is 4.63. The molecule has 48 heavy (non-hydrogen) atoms. The Kier molecular flexibility index (Phi) is 20.9. The maximum Gasteiger partial charge on any atom is 0.317 e. The predicted octanol–water partition coefficient (Wildman–Crippen LogP) is 8.32. The Bertz CT molecular complexity index is 1070. The van der Waals surface area contributed by atoms with Crippen LogP contribution in [0.2, 0.25) is 0 Å². The Morgan fingerprint density at radius 1 is 0.792 bits per heavy atom. The van der Waals surface area contributed by atoms with E-state index in [0.29, 0.717) is 33.0 Å². The van der Waals surface area contributed by atoms with Crippen LogP contribution in [0.5, 0.6) is 11.5 Å². The molecular formula is C38H69O9P. The van der Waals surface area contributed by atoms with Crippen molar-refractivity contribution in [2.75, 3.05) is 52.9 Å². The number of aliphatic hydroxyl groups is 1. The van der Waals surface area contributed by atoms with Crippen LogP contribution in [0.1, 0.15) is 121 Å². The molecule has 0 aliphatic carbocycles. The lowest BCUT2D eigenvalue weighted by molar-refractivity contribution is -0.0175. The third-order valence-electron chi connectivity index (χ3n) is 9.83. The van der Waals surface area contributed by atoms with Crippen molar-refractivity contribution < 1.29 is 42.8 Å². The minimum atomic E-state index is -3.11. The van der Waals surface area contributed by atoms with Crippen molar-refractivity contribution in [3.05, 3.63) is 22.3 Å². The van der Waals surface area contributed by atoms with Gasteiger partial charge in [0.05, 0.1) is 46.2 Å². The van der Waals surface area contributed by atoms with Gasteiger partial charge in [-0.1, -0.05) is 72.6 Å². The number of rotatable bonds is 27. The van der Waals surface area contributed by atoms with Gasteiger partial charge in [0.15, 0.2) is 0 Å². The molecule has 0 radical (unpaired) electrons. The van der Waals surface area contributed by atoms with E-state index in [2.05, 4.69) is 59.9 Å². The molecule has 0 fully saturated rings. The summed E-state index contributed by atoms with van der Waals surface area (Å²) < 4.78 is 44.9. The fourth-order valence-corrected chi connectivity index (χ4v) is 7.03. The number of hydrogen-bond donors (Lipinski definition) is 2. The van der Waals surface area contributed by atoms with Crippen LogP contribution in [0.15, 0.2) is 0 Å². The van der Waals surface area contributed by atoms with Crippen LogP contribution in [-0.2, 0) is 29.7 Å². The zero-order valence-corrected chi connectivity index (χ0v) is 32.5. The molecule has 1 aliphatic heterocycles. The Labute approximate surface area is 292 Å². The van der Waals surface area contributed by atoms with Crippen molar-refractivity contribution >= 4 is 8.25 Å². The maximum absolute atomic E-state index is 10.7.